The number of fused-ring (bicyclic) bond motifs is 1. The second-order valence-corrected chi connectivity index (χ2v) is 5.88. The summed E-state index contributed by atoms with van der Waals surface area (Å²) in [5, 5.41) is 4.37. The summed E-state index contributed by atoms with van der Waals surface area (Å²) in [6.45, 7) is 5.77. The van der Waals surface area contributed by atoms with E-state index in [4.69, 9.17) is 4.74 Å². The van der Waals surface area contributed by atoms with Crippen LogP contribution in [0, 0.1) is 6.92 Å². The number of benzene rings is 1. The molecule has 0 spiro atoms. The first-order valence-corrected chi connectivity index (χ1v) is 6.92. The maximum Gasteiger partial charge on any atom is 0.150 e. The summed E-state index contributed by atoms with van der Waals surface area (Å²) in [5.74, 6) is 0.793. The van der Waals surface area contributed by atoms with Crippen LogP contribution in [0.25, 0.3) is 17.3 Å². The first-order valence-electron chi connectivity index (χ1n) is 6.92. The monoisotopic (exact) mass is 282 g/mol. The zero-order chi connectivity index (χ0) is 15.2. The molecular formula is C17H18N2O2. The molecule has 0 unspecified atom stereocenters. The molecule has 1 aromatic heterocycles. The fourth-order valence-electron chi connectivity index (χ4n) is 2.63. The molecule has 0 amide bonds. The molecule has 2 heterocycles. The van der Waals surface area contributed by atoms with Crippen LogP contribution in [0.3, 0.4) is 0 Å². The highest BCUT2D eigenvalue weighted by molar-refractivity contribution is 5.87. The van der Waals surface area contributed by atoms with E-state index in [0.29, 0.717) is 5.57 Å². The summed E-state index contributed by atoms with van der Waals surface area (Å²) in [7, 11) is 1.93. The van der Waals surface area contributed by atoms with E-state index >= 15 is 0 Å². The minimum atomic E-state index is -0.601. The van der Waals surface area contributed by atoms with Gasteiger partial charge >= 0.3 is 0 Å². The van der Waals surface area contributed by atoms with Gasteiger partial charge in [-0.2, -0.15) is 5.10 Å². The van der Waals surface area contributed by atoms with Crippen molar-refractivity contribution < 1.29 is 9.53 Å². The molecule has 1 aromatic carbocycles. The highest BCUT2D eigenvalue weighted by Gasteiger charge is 2.30. The van der Waals surface area contributed by atoms with Gasteiger partial charge in [0.05, 0.1) is 11.4 Å². The van der Waals surface area contributed by atoms with Crippen LogP contribution in [-0.4, -0.2) is 21.7 Å². The Kier molecular flexibility index (Phi) is 2.97. The van der Waals surface area contributed by atoms with E-state index in [9.17, 15) is 4.79 Å². The number of ether oxygens (including phenoxy) is 1. The Morgan fingerprint density at radius 2 is 2.05 bits per heavy atom. The average molecular weight is 282 g/mol. The fourth-order valence-corrected chi connectivity index (χ4v) is 2.63. The molecule has 1 aliphatic rings. The predicted octanol–water partition coefficient (Wildman–Crippen LogP) is 3.15. The third-order valence-corrected chi connectivity index (χ3v) is 3.81. The van der Waals surface area contributed by atoms with Crippen molar-refractivity contribution in [1.29, 1.82) is 0 Å². The highest BCUT2D eigenvalue weighted by Crippen LogP contribution is 2.37. The van der Waals surface area contributed by atoms with Crippen LogP contribution in [0.15, 0.2) is 29.8 Å². The van der Waals surface area contributed by atoms with E-state index in [1.165, 1.54) is 0 Å². The van der Waals surface area contributed by atoms with Gasteiger partial charge in [0.1, 0.15) is 17.6 Å². The van der Waals surface area contributed by atoms with E-state index in [1.54, 1.807) is 0 Å². The van der Waals surface area contributed by atoms with Crippen LogP contribution in [0.5, 0.6) is 5.75 Å². The molecule has 1 aliphatic heterocycles. The van der Waals surface area contributed by atoms with Crippen LogP contribution in [0.1, 0.15) is 25.1 Å². The molecule has 0 bridgehead atoms. The molecule has 0 saturated heterocycles. The van der Waals surface area contributed by atoms with Gasteiger partial charge in [-0.15, -0.1) is 0 Å². The number of carbonyl (C=O) groups is 1. The summed E-state index contributed by atoms with van der Waals surface area (Å²) in [4.78, 5) is 11.2. The van der Waals surface area contributed by atoms with Gasteiger partial charge in [-0.25, -0.2) is 0 Å². The Hall–Kier alpha value is -2.36. The second kappa shape index (κ2) is 4.58. The predicted molar refractivity (Wildman–Crippen MR) is 82.1 cm³/mol. The molecule has 108 valence electrons. The van der Waals surface area contributed by atoms with Gasteiger partial charge < -0.3 is 4.74 Å². The first kappa shape index (κ1) is 13.6. The van der Waals surface area contributed by atoms with Gasteiger partial charge in [0.2, 0.25) is 0 Å². The normalized spacial score (nSPS) is 15.9. The van der Waals surface area contributed by atoms with Crippen LogP contribution < -0.4 is 4.74 Å². The number of hydrogen-bond donors (Lipinski definition) is 0. The van der Waals surface area contributed by atoms with Crippen LogP contribution >= 0.6 is 0 Å². The Labute approximate surface area is 124 Å². The SMILES string of the molecule is Cc1cc(-c2ccc3c(c2)OC(C)(C)C(C=O)=C3)n(C)n1. The van der Waals surface area contributed by atoms with Crippen molar-refractivity contribution in [2.45, 2.75) is 26.4 Å². The molecule has 21 heavy (non-hydrogen) atoms. The van der Waals surface area contributed by atoms with Crippen LogP contribution in [0.4, 0.5) is 0 Å². The summed E-state index contributed by atoms with van der Waals surface area (Å²) in [6.07, 6.45) is 2.76. The Morgan fingerprint density at radius 1 is 1.29 bits per heavy atom. The molecule has 0 aliphatic carbocycles. The molecule has 4 heteroatoms. The van der Waals surface area contributed by atoms with Crippen molar-refractivity contribution in [3.63, 3.8) is 0 Å². The first-order chi connectivity index (χ1) is 9.90. The lowest BCUT2D eigenvalue weighted by Crippen LogP contribution is -2.33. The lowest BCUT2D eigenvalue weighted by molar-refractivity contribution is -0.106. The van der Waals surface area contributed by atoms with Crippen molar-refractivity contribution in [3.8, 4) is 17.0 Å². The maximum atomic E-state index is 11.2. The molecule has 0 N–H and O–H groups in total. The van der Waals surface area contributed by atoms with Gasteiger partial charge in [0, 0.05) is 23.7 Å². The number of aldehydes is 1. The Morgan fingerprint density at radius 3 is 2.67 bits per heavy atom. The summed E-state index contributed by atoms with van der Waals surface area (Å²) >= 11 is 0. The number of aromatic nitrogens is 2. The van der Waals surface area contributed by atoms with Gasteiger partial charge in [-0.05, 0) is 39.0 Å². The lowest BCUT2D eigenvalue weighted by Gasteiger charge is -2.31. The lowest BCUT2D eigenvalue weighted by atomic mass is 9.92. The third-order valence-electron chi connectivity index (χ3n) is 3.81. The smallest absolute Gasteiger partial charge is 0.150 e. The van der Waals surface area contributed by atoms with E-state index in [1.807, 2.05) is 62.8 Å². The Balaban J connectivity index is 2.10. The molecule has 0 saturated carbocycles. The van der Waals surface area contributed by atoms with Gasteiger partial charge in [0.25, 0.3) is 0 Å². The van der Waals surface area contributed by atoms with E-state index in [-0.39, 0.29) is 0 Å². The molecule has 3 rings (SSSR count). The molecule has 2 aromatic rings. The average Bonchev–Trinajstić information content (AvgIpc) is 2.75. The minimum Gasteiger partial charge on any atom is -0.482 e. The zero-order valence-electron chi connectivity index (χ0n) is 12.7. The van der Waals surface area contributed by atoms with Crippen molar-refractivity contribution in [2.24, 2.45) is 7.05 Å². The summed E-state index contributed by atoms with van der Waals surface area (Å²) < 4.78 is 7.86. The van der Waals surface area contributed by atoms with Gasteiger partial charge in [0.15, 0.2) is 0 Å². The molecule has 0 radical (unpaired) electrons. The number of rotatable bonds is 2. The Bertz CT molecular complexity index is 754. The van der Waals surface area contributed by atoms with Crippen LogP contribution in [-0.2, 0) is 11.8 Å². The highest BCUT2D eigenvalue weighted by atomic mass is 16.5. The van der Waals surface area contributed by atoms with E-state index in [0.717, 1.165) is 34.6 Å². The van der Waals surface area contributed by atoms with Crippen molar-refractivity contribution in [3.05, 3.63) is 41.1 Å². The number of hydrogen-bond acceptors (Lipinski definition) is 3. The largest absolute Gasteiger partial charge is 0.482 e. The summed E-state index contributed by atoms with van der Waals surface area (Å²) in [5.41, 5.74) is 4.06. The van der Waals surface area contributed by atoms with E-state index < -0.39 is 5.60 Å². The second-order valence-electron chi connectivity index (χ2n) is 5.88. The van der Waals surface area contributed by atoms with Gasteiger partial charge in [-0.1, -0.05) is 12.1 Å². The summed E-state index contributed by atoms with van der Waals surface area (Å²) in [6, 6.07) is 8.05. The molecular weight excluding hydrogens is 264 g/mol. The number of carbonyl (C=O) groups excluding carboxylic acids is 1. The van der Waals surface area contributed by atoms with E-state index in [2.05, 4.69) is 5.10 Å². The fraction of sp³-hybridized carbons (Fsp3) is 0.294. The quantitative estimate of drug-likeness (QED) is 0.795. The van der Waals surface area contributed by atoms with Crippen molar-refractivity contribution in [2.75, 3.05) is 0 Å². The maximum absolute atomic E-state index is 11.2. The number of aryl methyl sites for hydroxylation is 2. The molecule has 0 atom stereocenters. The van der Waals surface area contributed by atoms with Crippen molar-refractivity contribution in [1.82, 2.24) is 9.78 Å². The molecule has 0 fully saturated rings. The van der Waals surface area contributed by atoms with Gasteiger partial charge in [-0.3, -0.25) is 9.48 Å². The third kappa shape index (κ3) is 2.27. The zero-order valence-corrected chi connectivity index (χ0v) is 12.7. The number of nitrogens with zero attached hydrogens (tertiary/aromatic N) is 2. The standard InChI is InChI=1S/C17H18N2O2/c1-11-7-15(19(4)18-11)12-5-6-13-8-14(10-20)17(2,3)21-16(13)9-12/h5-10H,1-4H3. The topological polar surface area (TPSA) is 44.1 Å². The molecule has 4 nitrogen and oxygen atoms in total. The minimum absolute atomic E-state index is 0.601. The van der Waals surface area contributed by atoms with Crippen molar-refractivity contribution >= 4 is 12.4 Å². The van der Waals surface area contributed by atoms with Crippen LogP contribution in [0.2, 0.25) is 0 Å².